The fourth-order valence-corrected chi connectivity index (χ4v) is 22.3. The number of rotatable bonds is 38. The summed E-state index contributed by atoms with van der Waals surface area (Å²) in [6, 6.07) is 28.7. The summed E-state index contributed by atoms with van der Waals surface area (Å²) >= 11 is 22.4. The number of aromatic nitrogens is 11. The fraction of sp³-hybridized carbons (Fsp3) is 0.455. The van der Waals surface area contributed by atoms with Gasteiger partial charge in [-0.25, -0.2) is 33.0 Å². The van der Waals surface area contributed by atoms with E-state index in [1.54, 1.807) is 120 Å². The number of thiazole rings is 3. The minimum Gasteiger partial charge on any atom is -0.497 e. The molecule has 12 aromatic rings. The lowest BCUT2D eigenvalue weighted by Crippen LogP contribution is -2.41. The van der Waals surface area contributed by atoms with Crippen LogP contribution in [0.5, 0.6) is 28.7 Å². The molecule has 2 amide bonds. The number of methoxy groups -OCH3 is 5. The first kappa shape index (κ1) is 122. The topological polar surface area (TPSA) is 364 Å². The van der Waals surface area contributed by atoms with Gasteiger partial charge in [0.1, 0.15) is 59.2 Å². The standard InChI is InChI=1S/C22H32N2O3S.C20H24N4O3S2.C18H27BrO3S.C15H16N4O3S2.C10H17BN2O2.C9H13BrN2O2S.C7H6Br2O/c1-5-7-8-17(6-2)16-27-22(25)9-10-28-21-12-18(11-20(13-21)26-4)19-14-23-24(3)15-19;1-20(2,3)27-19(25)22-10-17-21-11-18(29-17)28-16-7-13(6-15(8-16)26-5)14-9-23-24(4)12-14;1-4-6-7-14(5-2)13-22-18(20)8-9-23-17-11-15(19)10-16(12-17)21-3;1-19-9-11(7-18-19)10-3-12(22-2)5-13(4-10)24(20,21)15-8-17-14(6-16)23-15;1-9(2)10(3,4)15-11(14-9)8-6-12-13(5)7-8;1-9(2,3)14-8(13)12-5-7-11-4-6(10)15-7;1-10-7-3-5(8)2-6(9)4-7/h11-15,17H,5-10,16H2,1-4H3;6-9,11-12H,10H2,1-5H3,(H,22,25);10-12,14H,4-9,13H2,1-3H3;3-5,7-9H,6,16H2,1-2H3;6-7H,1-5H3;4H,5H2,1-3H3,(H,12,13);2-4H,1H3. The van der Waals surface area contributed by atoms with Crippen LogP contribution >= 0.6 is 133 Å². The summed E-state index contributed by atoms with van der Waals surface area (Å²) in [5.74, 6) is 5.86. The lowest BCUT2D eigenvalue weighted by Gasteiger charge is -2.32. The lowest BCUT2D eigenvalue weighted by atomic mass is 9.82. The van der Waals surface area contributed by atoms with E-state index in [4.69, 9.17) is 57.7 Å². The number of esters is 2. The molecule has 0 bridgehead atoms. The highest BCUT2D eigenvalue weighted by Crippen LogP contribution is 2.41. The van der Waals surface area contributed by atoms with Gasteiger partial charge < -0.3 is 68.3 Å². The SMILES string of the molecule is CC(C)(C)OC(=O)NCc1ncc(Br)s1.CCCCC(CC)COC(=O)CCSc1cc(Br)cc(OC)c1.CCCCC(CC)COC(=O)CCSc1cc(OC)cc(-c2cnn(C)c2)c1.COc1cc(-c2cnn(C)c2)cc(S(=O)(=O)c2cnc(CN)s2)c1.COc1cc(Br)cc(Br)c1.COc1cc(Sc2cnc(CNC(=O)OC(C)(C)C)s2)cc(-c2cnn(C)c2)c1.Cn1cc(B2OC(C)(C)C(C)(C)O2)cn1. The van der Waals surface area contributed by atoms with Crippen molar-refractivity contribution in [2.75, 3.05) is 60.3 Å². The molecular formula is C101H135BBr4N14O17S7. The van der Waals surface area contributed by atoms with Gasteiger partial charge in [-0.05, 0) is 218 Å². The summed E-state index contributed by atoms with van der Waals surface area (Å²) in [6.45, 7) is 29.9. The average molecular weight is 2370 g/mol. The number of hydrogen-bond donors (Lipinski definition) is 3. The van der Waals surface area contributed by atoms with Crippen LogP contribution in [0.3, 0.4) is 0 Å². The first-order valence-corrected chi connectivity index (χ1v) is 56.5. The molecule has 2 unspecified atom stereocenters. The van der Waals surface area contributed by atoms with Crippen LogP contribution < -0.4 is 45.5 Å². The molecule has 0 saturated carbocycles. The Bertz CT molecular complexity index is 6080. The number of unbranched alkanes of at least 4 members (excludes halogenated alkanes) is 2. The molecule has 4 N–H and O–H groups in total. The number of amides is 2. The Labute approximate surface area is 906 Å². The third kappa shape index (κ3) is 43.5. The molecule has 1 aliphatic rings. The van der Waals surface area contributed by atoms with Crippen LogP contribution in [0.2, 0.25) is 0 Å². The van der Waals surface area contributed by atoms with Crippen molar-refractivity contribution in [3.63, 3.8) is 0 Å². The molecule has 13 rings (SSSR count). The van der Waals surface area contributed by atoms with E-state index in [2.05, 4.69) is 150 Å². The second-order valence-corrected chi connectivity index (χ2v) is 49.1. The number of thioether (sulfide) groups is 2. The summed E-state index contributed by atoms with van der Waals surface area (Å²) < 4.78 is 97.2. The highest BCUT2D eigenvalue weighted by Gasteiger charge is 2.52. The third-order valence-electron chi connectivity index (χ3n) is 21.2. The summed E-state index contributed by atoms with van der Waals surface area (Å²) in [5.41, 5.74) is 10.6. The van der Waals surface area contributed by atoms with Crippen molar-refractivity contribution >= 4 is 180 Å². The average Bonchev–Trinajstić information content (AvgIpc) is 1.63. The van der Waals surface area contributed by atoms with E-state index in [9.17, 15) is 27.6 Å². The number of halogens is 4. The molecule has 1 saturated heterocycles. The van der Waals surface area contributed by atoms with Crippen molar-refractivity contribution < 1.29 is 79.5 Å². The van der Waals surface area contributed by atoms with Crippen LogP contribution in [0.25, 0.3) is 33.4 Å². The van der Waals surface area contributed by atoms with Crippen molar-refractivity contribution in [1.29, 1.82) is 0 Å². The zero-order valence-corrected chi connectivity index (χ0v) is 98.1. The number of sulfone groups is 1. The molecule has 31 nitrogen and oxygen atoms in total. The number of nitrogens with one attached hydrogen (secondary N) is 2. The van der Waals surface area contributed by atoms with Crippen LogP contribution in [0.1, 0.15) is 176 Å². The summed E-state index contributed by atoms with van der Waals surface area (Å²) in [4.78, 5) is 62.8. The van der Waals surface area contributed by atoms with Gasteiger partial charge in [-0.2, -0.15) is 20.4 Å². The molecule has 1 fully saturated rings. The maximum Gasteiger partial charge on any atom is 0.498 e. The summed E-state index contributed by atoms with van der Waals surface area (Å²) in [7, 11) is 11.6. The van der Waals surface area contributed by atoms with E-state index >= 15 is 0 Å². The molecule has 144 heavy (non-hydrogen) atoms. The van der Waals surface area contributed by atoms with Crippen molar-refractivity contribution in [1.82, 2.24) is 64.7 Å². The van der Waals surface area contributed by atoms with E-state index in [0.717, 1.165) is 139 Å². The summed E-state index contributed by atoms with van der Waals surface area (Å²) in [6.07, 6.45) is 28.8. The van der Waals surface area contributed by atoms with Gasteiger partial charge in [-0.15, -0.1) is 57.5 Å². The van der Waals surface area contributed by atoms with Gasteiger partial charge in [-0.3, -0.25) is 28.3 Å². The van der Waals surface area contributed by atoms with E-state index in [1.807, 2.05) is 194 Å². The number of carbonyl (C=O) groups is 4. The van der Waals surface area contributed by atoms with Crippen LogP contribution in [0.15, 0.2) is 204 Å². The van der Waals surface area contributed by atoms with Crippen LogP contribution in [-0.4, -0.2) is 176 Å². The predicted octanol–water partition coefficient (Wildman–Crippen LogP) is 24.5. The first-order valence-electron chi connectivity index (χ1n) is 46.6. The largest absolute Gasteiger partial charge is 0.498 e. The number of nitrogens with zero attached hydrogens (tertiary/aromatic N) is 11. The number of carbonyl (C=O) groups excluding carboxylic acids is 4. The van der Waals surface area contributed by atoms with Gasteiger partial charge in [0, 0.05) is 127 Å². The molecule has 0 radical (unpaired) electrons. The van der Waals surface area contributed by atoms with Crippen LogP contribution in [-0.2, 0) is 95.5 Å². The fourth-order valence-electron chi connectivity index (χ4n) is 12.8. The number of benzene rings is 5. The number of hydrogen-bond acceptors (Lipinski definition) is 31. The molecule has 2 atom stereocenters. The van der Waals surface area contributed by atoms with Gasteiger partial charge >= 0.3 is 31.2 Å². The second-order valence-electron chi connectivity index (χ2n) is 35.7. The summed E-state index contributed by atoms with van der Waals surface area (Å²) in [5, 5.41) is 24.3. The van der Waals surface area contributed by atoms with Gasteiger partial charge in [0.05, 0.1) is 136 Å². The zero-order valence-electron chi connectivity index (χ0n) is 86.1. The Hall–Kier alpha value is -8.83. The Morgan fingerprint density at radius 3 is 1.28 bits per heavy atom. The van der Waals surface area contributed by atoms with Gasteiger partial charge in [0.2, 0.25) is 9.84 Å². The van der Waals surface area contributed by atoms with Gasteiger partial charge in [0.25, 0.3) is 0 Å². The zero-order chi connectivity index (χ0) is 106. The molecule has 1 aliphatic heterocycles. The molecule has 43 heteroatoms. The minimum absolute atomic E-state index is 0.102. The Morgan fingerprint density at radius 1 is 0.479 bits per heavy atom. The van der Waals surface area contributed by atoms with Crippen molar-refractivity contribution in [2.24, 2.45) is 45.8 Å². The van der Waals surface area contributed by atoms with Crippen LogP contribution in [0.4, 0.5) is 9.59 Å². The Kier molecular flexibility index (Phi) is 51.4. The molecule has 5 aromatic carbocycles. The normalized spacial score (nSPS) is 12.7. The number of aryl methyl sites for hydroxylation is 4. The molecule has 0 aliphatic carbocycles. The van der Waals surface area contributed by atoms with Crippen molar-refractivity contribution in [3.05, 3.63) is 191 Å². The maximum absolute atomic E-state index is 12.9. The number of alkyl carbamates (subject to hydrolysis) is 2. The molecular weight excluding hydrogens is 2240 g/mol. The van der Waals surface area contributed by atoms with E-state index in [1.165, 1.54) is 67.7 Å². The van der Waals surface area contributed by atoms with Crippen LogP contribution in [0, 0.1) is 11.8 Å². The quantitative estimate of drug-likeness (QED) is 0.0140. The molecule has 8 heterocycles. The molecule has 7 aromatic heterocycles. The number of nitrogens with two attached hydrogens (primary N) is 1. The monoisotopic (exact) mass is 2370 g/mol. The van der Waals surface area contributed by atoms with Gasteiger partial charge in [0.15, 0.2) is 0 Å². The van der Waals surface area contributed by atoms with Crippen molar-refractivity contribution in [2.45, 2.75) is 231 Å². The highest BCUT2D eigenvalue weighted by molar-refractivity contribution is 9.11. The van der Waals surface area contributed by atoms with E-state index in [0.29, 0.717) is 78.8 Å². The molecule has 784 valence electrons. The number of ether oxygens (including phenoxy) is 9. The van der Waals surface area contributed by atoms with E-state index in [-0.39, 0.29) is 45.9 Å². The first-order chi connectivity index (χ1) is 68.2. The lowest BCUT2D eigenvalue weighted by molar-refractivity contribution is -0.145. The molecule has 0 spiro atoms. The minimum atomic E-state index is -3.69. The maximum atomic E-state index is 12.9. The van der Waals surface area contributed by atoms with Crippen molar-refractivity contribution in [3.8, 4) is 62.1 Å². The Balaban J connectivity index is 0.000000233. The smallest absolute Gasteiger partial charge is 0.497 e. The van der Waals surface area contributed by atoms with E-state index < -0.39 is 33.2 Å². The Morgan fingerprint density at radius 2 is 0.875 bits per heavy atom. The predicted molar refractivity (Wildman–Crippen MR) is 590 cm³/mol. The third-order valence-corrected chi connectivity index (χ3v) is 31.3. The highest BCUT2D eigenvalue weighted by atomic mass is 79.9. The van der Waals surface area contributed by atoms with Gasteiger partial charge in [-0.1, -0.05) is 126 Å². The second kappa shape index (κ2) is 60.6.